The molecule has 2 N–H and O–H groups in total. The van der Waals surface area contributed by atoms with Crippen LogP contribution in [0.5, 0.6) is 5.75 Å². The summed E-state index contributed by atoms with van der Waals surface area (Å²) in [7, 11) is 1.48. The number of nitrogens with two attached hydrogens (primary N) is 1. The molecule has 1 aliphatic rings. The van der Waals surface area contributed by atoms with Crippen LogP contribution in [-0.2, 0) is 0 Å². The van der Waals surface area contributed by atoms with E-state index in [9.17, 15) is 4.39 Å². The third kappa shape index (κ3) is 3.45. The van der Waals surface area contributed by atoms with Gasteiger partial charge >= 0.3 is 0 Å². The quantitative estimate of drug-likeness (QED) is 0.927. The van der Waals surface area contributed by atoms with Crippen LogP contribution in [0.1, 0.15) is 25.5 Å². The normalized spacial score (nSPS) is 25.4. The summed E-state index contributed by atoms with van der Waals surface area (Å²) < 4.78 is 18.8. The zero-order chi connectivity index (χ0) is 14.7. The van der Waals surface area contributed by atoms with Crippen LogP contribution in [0.3, 0.4) is 0 Å². The molecular formula is C15H23FN2OS. The number of rotatable bonds is 4. The summed E-state index contributed by atoms with van der Waals surface area (Å²) in [6, 6.07) is 5.21. The second-order valence-corrected chi connectivity index (χ2v) is 7.24. The number of hydrogen-bond acceptors (Lipinski definition) is 4. The first-order valence-corrected chi connectivity index (χ1v) is 7.92. The number of halogens is 1. The lowest BCUT2D eigenvalue weighted by Gasteiger charge is -2.39. The molecule has 0 saturated carbocycles. The van der Waals surface area contributed by atoms with Crippen molar-refractivity contribution in [2.24, 2.45) is 5.73 Å². The number of ether oxygens (including phenoxy) is 1. The SMILES string of the molecule is COc1ccc(C(CN)N2CC(C)SC(C)C2)cc1F. The first-order valence-electron chi connectivity index (χ1n) is 6.98. The van der Waals surface area contributed by atoms with Crippen molar-refractivity contribution < 1.29 is 9.13 Å². The van der Waals surface area contributed by atoms with Crippen LogP contribution in [0.4, 0.5) is 4.39 Å². The van der Waals surface area contributed by atoms with E-state index < -0.39 is 0 Å². The molecule has 3 nitrogen and oxygen atoms in total. The molecule has 20 heavy (non-hydrogen) atoms. The van der Waals surface area contributed by atoms with Gasteiger partial charge in [0, 0.05) is 36.2 Å². The molecule has 3 unspecified atom stereocenters. The Kier molecular flexibility index (Phi) is 5.29. The van der Waals surface area contributed by atoms with Crippen molar-refractivity contribution in [3.8, 4) is 5.75 Å². The maximum atomic E-state index is 13.9. The van der Waals surface area contributed by atoms with E-state index in [-0.39, 0.29) is 17.6 Å². The molecule has 112 valence electrons. The van der Waals surface area contributed by atoms with Gasteiger partial charge in [0.25, 0.3) is 0 Å². The van der Waals surface area contributed by atoms with E-state index in [4.69, 9.17) is 10.5 Å². The lowest BCUT2D eigenvalue weighted by atomic mass is 10.0. The van der Waals surface area contributed by atoms with Crippen LogP contribution < -0.4 is 10.5 Å². The van der Waals surface area contributed by atoms with E-state index in [2.05, 4.69) is 18.7 Å². The van der Waals surface area contributed by atoms with Crippen molar-refractivity contribution in [1.82, 2.24) is 4.90 Å². The molecule has 0 bridgehead atoms. The van der Waals surface area contributed by atoms with Crippen LogP contribution in [0.2, 0.25) is 0 Å². The molecule has 1 aliphatic heterocycles. The van der Waals surface area contributed by atoms with Gasteiger partial charge < -0.3 is 10.5 Å². The summed E-state index contributed by atoms with van der Waals surface area (Å²) in [5.41, 5.74) is 6.87. The maximum absolute atomic E-state index is 13.9. The Hall–Kier alpha value is -0.780. The first kappa shape index (κ1) is 15.6. The van der Waals surface area contributed by atoms with E-state index in [1.807, 2.05) is 17.8 Å². The van der Waals surface area contributed by atoms with Crippen LogP contribution in [0, 0.1) is 5.82 Å². The van der Waals surface area contributed by atoms with Gasteiger partial charge in [-0.3, -0.25) is 4.90 Å². The zero-order valence-electron chi connectivity index (χ0n) is 12.3. The van der Waals surface area contributed by atoms with E-state index >= 15 is 0 Å². The summed E-state index contributed by atoms with van der Waals surface area (Å²) in [6.07, 6.45) is 0. The summed E-state index contributed by atoms with van der Waals surface area (Å²) in [4.78, 5) is 2.37. The van der Waals surface area contributed by atoms with E-state index in [1.54, 1.807) is 12.1 Å². The average Bonchev–Trinajstić information content (AvgIpc) is 2.38. The molecule has 0 spiro atoms. The van der Waals surface area contributed by atoms with Crippen LogP contribution >= 0.6 is 11.8 Å². The highest BCUT2D eigenvalue weighted by atomic mass is 32.2. The molecule has 1 aromatic rings. The molecule has 0 aliphatic carbocycles. The maximum Gasteiger partial charge on any atom is 0.165 e. The minimum Gasteiger partial charge on any atom is -0.494 e. The Bertz CT molecular complexity index is 447. The monoisotopic (exact) mass is 298 g/mol. The van der Waals surface area contributed by atoms with Crippen molar-refractivity contribution in [3.63, 3.8) is 0 Å². The highest BCUT2D eigenvalue weighted by Crippen LogP contribution is 2.31. The average molecular weight is 298 g/mol. The Labute approximate surface area is 124 Å². The van der Waals surface area contributed by atoms with E-state index in [0.717, 1.165) is 18.7 Å². The van der Waals surface area contributed by atoms with Gasteiger partial charge in [0.15, 0.2) is 11.6 Å². The van der Waals surface area contributed by atoms with Crippen molar-refractivity contribution in [2.75, 3.05) is 26.7 Å². The predicted octanol–water partition coefficient (Wildman–Crippen LogP) is 2.66. The summed E-state index contributed by atoms with van der Waals surface area (Å²) >= 11 is 2.00. The fourth-order valence-electron chi connectivity index (χ4n) is 2.86. The minimum atomic E-state index is -0.323. The third-order valence-electron chi connectivity index (χ3n) is 3.67. The standard InChI is InChI=1S/C15H23FN2OS/c1-10-8-18(9-11(2)20-10)14(7-17)12-4-5-15(19-3)13(16)6-12/h4-6,10-11,14H,7-9,17H2,1-3H3. The number of thioether (sulfide) groups is 1. The molecule has 0 aromatic heterocycles. The number of methoxy groups -OCH3 is 1. The van der Waals surface area contributed by atoms with Crippen molar-refractivity contribution in [1.29, 1.82) is 0 Å². The van der Waals surface area contributed by atoms with Crippen LogP contribution in [0.15, 0.2) is 18.2 Å². The predicted molar refractivity (Wildman–Crippen MR) is 82.8 cm³/mol. The van der Waals surface area contributed by atoms with E-state index in [0.29, 0.717) is 17.0 Å². The molecule has 5 heteroatoms. The molecule has 1 fully saturated rings. The topological polar surface area (TPSA) is 38.5 Å². The van der Waals surface area contributed by atoms with Gasteiger partial charge in [0.2, 0.25) is 0 Å². The van der Waals surface area contributed by atoms with Gasteiger partial charge in [-0.25, -0.2) is 4.39 Å². The Morgan fingerprint density at radius 1 is 1.40 bits per heavy atom. The second kappa shape index (κ2) is 6.78. The molecule has 2 rings (SSSR count). The number of benzene rings is 1. The van der Waals surface area contributed by atoms with Gasteiger partial charge in [-0.05, 0) is 17.7 Å². The van der Waals surface area contributed by atoms with Gasteiger partial charge in [0.05, 0.1) is 7.11 Å². The fraction of sp³-hybridized carbons (Fsp3) is 0.600. The Morgan fingerprint density at radius 3 is 2.55 bits per heavy atom. The van der Waals surface area contributed by atoms with Gasteiger partial charge in [-0.15, -0.1) is 0 Å². The van der Waals surface area contributed by atoms with Crippen LogP contribution in [0.25, 0.3) is 0 Å². The van der Waals surface area contributed by atoms with Crippen LogP contribution in [-0.4, -0.2) is 42.1 Å². The lowest BCUT2D eigenvalue weighted by Crippen LogP contribution is -2.44. The molecular weight excluding hydrogens is 275 g/mol. The Morgan fingerprint density at radius 2 is 2.05 bits per heavy atom. The molecule has 3 atom stereocenters. The molecule has 0 radical (unpaired) electrons. The number of hydrogen-bond donors (Lipinski definition) is 1. The second-order valence-electron chi connectivity index (χ2n) is 5.36. The minimum absolute atomic E-state index is 0.0706. The lowest BCUT2D eigenvalue weighted by molar-refractivity contribution is 0.199. The highest BCUT2D eigenvalue weighted by Gasteiger charge is 2.28. The van der Waals surface area contributed by atoms with Gasteiger partial charge in [0.1, 0.15) is 0 Å². The summed E-state index contributed by atoms with van der Waals surface area (Å²) in [6.45, 7) is 6.94. The first-order chi connectivity index (χ1) is 9.55. The molecule has 1 aromatic carbocycles. The Balaban J connectivity index is 2.21. The van der Waals surface area contributed by atoms with Crippen molar-refractivity contribution in [3.05, 3.63) is 29.6 Å². The highest BCUT2D eigenvalue weighted by molar-refractivity contribution is 8.00. The van der Waals surface area contributed by atoms with Gasteiger partial charge in [-0.1, -0.05) is 19.9 Å². The third-order valence-corrected chi connectivity index (χ3v) is 4.90. The van der Waals surface area contributed by atoms with Gasteiger partial charge in [-0.2, -0.15) is 11.8 Å². The molecule has 1 heterocycles. The van der Waals surface area contributed by atoms with Crippen molar-refractivity contribution in [2.45, 2.75) is 30.4 Å². The smallest absolute Gasteiger partial charge is 0.165 e. The molecule has 1 saturated heterocycles. The fourth-order valence-corrected chi connectivity index (χ4v) is 4.21. The van der Waals surface area contributed by atoms with E-state index in [1.165, 1.54) is 7.11 Å². The molecule has 0 amide bonds. The summed E-state index contributed by atoms with van der Waals surface area (Å²) in [5.74, 6) is -0.0450. The largest absolute Gasteiger partial charge is 0.494 e. The van der Waals surface area contributed by atoms with Crippen molar-refractivity contribution >= 4 is 11.8 Å². The zero-order valence-corrected chi connectivity index (χ0v) is 13.1. The summed E-state index contributed by atoms with van der Waals surface area (Å²) in [5, 5.41) is 1.16. The number of nitrogens with zero attached hydrogens (tertiary/aromatic N) is 1.